The van der Waals surface area contributed by atoms with Gasteiger partial charge in [-0.2, -0.15) is 0 Å². The van der Waals surface area contributed by atoms with E-state index in [-0.39, 0.29) is 17.9 Å². The molecule has 0 aliphatic carbocycles. The number of nitrogens with one attached hydrogen (secondary N) is 1. The number of aromatic amines is 1. The molecule has 2 aliphatic rings. The van der Waals surface area contributed by atoms with E-state index in [2.05, 4.69) is 16.8 Å². The van der Waals surface area contributed by atoms with Crippen LogP contribution in [0.5, 0.6) is 0 Å². The monoisotopic (exact) mass is 316 g/mol. The first-order valence-electron chi connectivity index (χ1n) is 8.39. The molecule has 4 rings (SSSR count). The Bertz CT molecular complexity index is 728. The van der Waals surface area contributed by atoms with Crippen molar-refractivity contribution in [3.63, 3.8) is 0 Å². The number of nitrogens with zero attached hydrogens (tertiary/aromatic N) is 1. The largest absolute Gasteiger partial charge is 0.459 e. The van der Waals surface area contributed by atoms with Crippen molar-refractivity contribution in [2.45, 2.75) is 50.8 Å². The summed E-state index contributed by atoms with van der Waals surface area (Å²) in [6.07, 6.45) is 5.87. The summed E-state index contributed by atoms with van der Waals surface area (Å²) >= 11 is 0. The molecule has 0 radical (unpaired) electrons. The van der Waals surface area contributed by atoms with Crippen LogP contribution in [0.2, 0.25) is 0 Å². The van der Waals surface area contributed by atoms with Gasteiger partial charge in [-0.25, -0.2) is 9.18 Å². The van der Waals surface area contributed by atoms with Crippen molar-refractivity contribution in [3.8, 4) is 0 Å². The van der Waals surface area contributed by atoms with Crippen molar-refractivity contribution >= 4 is 16.9 Å². The molecule has 2 bridgehead atoms. The highest BCUT2D eigenvalue weighted by atomic mass is 19.1. The lowest BCUT2D eigenvalue weighted by Gasteiger charge is -2.37. The van der Waals surface area contributed by atoms with Gasteiger partial charge in [-0.3, -0.25) is 4.90 Å². The van der Waals surface area contributed by atoms with Gasteiger partial charge in [0.25, 0.3) is 0 Å². The Morgan fingerprint density at radius 1 is 1.35 bits per heavy atom. The smallest absolute Gasteiger partial charge is 0.340 e. The van der Waals surface area contributed by atoms with E-state index in [1.54, 1.807) is 12.3 Å². The quantitative estimate of drug-likeness (QED) is 0.882. The van der Waals surface area contributed by atoms with Crippen LogP contribution in [0.1, 0.15) is 43.0 Å². The van der Waals surface area contributed by atoms with Crippen LogP contribution in [0, 0.1) is 5.82 Å². The number of piperidine rings is 1. The van der Waals surface area contributed by atoms with Crippen LogP contribution in [0.4, 0.5) is 4.39 Å². The fraction of sp³-hybridized carbons (Fsp3) is 0.500. The average Bonchev–Trinajstić information content (AvgIpc) is 3.05. The lowest BCUT2D eigenvalue weighted by Crippen LogP contribution is -2.45. The molecule has 4 nitrogen and oxygen atoms in total. The van der Waals surface area contributed by atoms with Crippen LogP contribution in [0.25, 0.3) is 10.9 Å². The summed E-state index contributed by atoms with van der Waals surface area (Å²) in [6.45, 7) is 3.27. The van der Waals surface area contributed by atoms with Gasteiger partial charge in [-0.1, -0.05) is 6.92 Å². The van der Waals surface area contributed by atoms with Crippen molar-refractivity contribution < 1.29 is 13.9 Å². The number of carbonyl (C=O) groups excluding carboxylic acids is 1. The Balaban J connectivity index is 1.50. The molecule has 3 heterocycles. The average molecular weight is 316 g/mol. The predicted molar refractivity (Wildman–Crippen MR) is 85.9 cm³/mol. The second-order valence-electron chi connectivity index (χ2n) is 6.61. The molecule has 2 fully saturated rings. The Morgan fingerprint density at radius 3 is 2.78 bits per heavy atom. The summed E-state index contributed by atoms with van der Waals surface area (Å²) in [5.41, 5.74) is 1.11. The molecule has 0 spiro atoms. The minimum atomic E-state index is -0.317. The van der Waals surface area contributed by atoms with E-state index in [0.717, 1.165) is 19.4 Å². The maximum absolute atomic E-state index is 13.2. The number of esters is 1. The van der Waals surface area contributed by atoms with Crippen LogP contribution < -0.4 is 0 Å². The predicted octanol–water partition coefficient (Wildman–Crippen LogP) is 3.48. The number of rotatable bonds is 3. The summed E-state index contributed by atoms with van der Waals surface area (Å²) in [6, 6.07) is 5.49. The van der Waals surface area contributed by atoms with Gasteiger partial charge in [0.2, 0.25) is 0 Å². The first-order valence-corrected chi connectivity index (χ1v) is 8.39. The third kappa shape index (κ3) is 2.53. The number of halogens is 1. The molecule has 2 saturated heterocycles. The molecule has 1 unspecified atom stereocenters. The number of hydrogen-bond donors (Lipinski definition) is 1. The highest BCUT2D eigenvalue weighted by Gasteiger charge is 2.41. The number of aromatic nitrogens is 1. The van der Waals surface area contributed by atoms with Crippen LogP contribution in [-0.4, -0.2) is 40.6 Å². The van der Waals surface area contributed by atoms with Gasteiger partial charge >= 0.3 is 5.97 Å². The molecule has 5 heteroatoms. The van der Waals surface area contributed by atoms with Gasteiger partial charge in [0.15, 0.2) is 0 Å². The van der Waals surface area contributed by atoms with E-state index >= 15 is 0 Å². The zero-order chi connectivity index (χ0) is 16.0. The van der Waals surface area contributed by atoms with E-state index < -0.39 is 0 Å². The van der Waals surface area contributed by atoms with Crippen LogP contribution in [0.3, 0.4) is 0 Å². The molecular weight excluding hydrogens is 295 g/mol. The summed E-state index contributed by atoms with van der Waals surface area (Å²) in [5.74, 6) is -0.625. The van der Waals surface area contributed by atoms with E-state index in [0.29, 0.717) is 28.6 Å². The van der Waals surface area contributed by atoms with Gasteiger partial charge in [0, 0.05) is 42.0 Å². The normalized spacial score (nSPS) is 27.5. The van der Waals surface area contributed by atoms with Crippen molar-refractivity contribution in [1.29, 1.82) is 0 Å². The molecule has 2 aromatic rings. The number of benzene rings is 1. The molecule has 122 valence electrons. The SMILES string of the molecule is CCN1[C@@H]2CC[C@H]1CC(OC(=O)c1c[nH]c3cc(F)ccc13)C2. The van der Waals surface area contributed by atoms with Crippen molar-refractivity contribution in [2.75, 3.05) is 6.54 Å². The van der Waals surface area contributed by atoms with Gasteiger partial charge in [-0.15, -0.1) is 0 Å². The highest BCUT2D eigenvalue weighted by Crippen LogP contribution is 2.37. The zero-order valence-electron chi connectivity index (χ0n) is 13.2. The van der Waals surface area contributed by atoms with Crippen molar-refractivity contribution in [2.24, 2.45) is 0 Å². The van der Waals surface area contributed by atoms with E-state index in [1.807, 2.05) is 0 Å². The fourth-order valence-corrected chi connectivity index (χ4v) is 4.32. The minimum absolute atomic E-state index is 0.00630. The summed E-state index contributed by atoms with van der Waals surface area (Å²) in [5, 5.41) is 0.713. The number of carbonyl (C=O) groups is 1. The molecule has 2 aliphatic heterocycles. The maximum atomic E-state index is 13.2. The summed E-state index contributed by atoms with van der Waals surface area (Å²) in [4.78, 5) is 18.0. The number of ether oxygens (including phenoxy) is 1. The van der Waals surface area contributed by atoms with Gasteiger partial charge in [0.05, 0.1) is 5.56 Å². The Labute approximate surface area is 134 Å². The van der Waals surface area contributed by atoms with Crippen LogP contribution in [0.15, 0.2) is 24.4 Å². The van der Waals surface area contributed by atoms with Crippen LogP contribution in [-0.2, 0) is 4.74 Å². The molecule has 0 saturated carbocycles. The third-order valence-corrected chi connectivity index (χ3v) is 5.34. The molecule has 1 N–H and O–H groups in total. The zero-order valence-corrected chi connectivity index (χ0v) is 13.2. The Morgan fingerprint density at radius 2 is 2.09 bits per heavy atom. The van der Waals surface area contributed by atoms with E-state index in [4.69, 9.17) is 4.74 Å². The van der Waals surface area contributed by atoms with Gasteiger partial charge < -0.3 is 9.72 Å². The second-order valence-corrected chi connectivity index (χ2v) is 6.61. The molecule has 0 amide bonds. The summed E-state index contributed by atoms with van der Waals surface area (Å²) < 4.78 is 19.0. The van der Waals surface area contributed by atoms with E-state index in [9.17, 15) is 9.18 Å². The van der Waals surface area contributed by atoms with E-state index in [1.165, 1.54) is 25.0 Å². The van der Waals surface area contributed by atoms with Crippen LogP contribution >= 0.6 is 0 Å². The Kier molecular flexibility index (Phi) is 3.60. The molecule has 23 heavy (non-hydrogen) atoms. The second kappa shape index (κ2) is 5.64. The lowest BCUT2D eigenvalue weighted by atomic mass is 9.99. The fourth-order valence-electron chi connectivity index (χ4n) is 4.32. The molecular formula is C18H21FN2O2. The van der Waals surface area contributed by atoms with Crippen molar-refractivity contribution in [1.82, 2.24) is 9.88 Å². The maximum Gasteiger partial charge on any atom is 0.340 e. The topological polar surface area (TPSA) is 45.3 Å². The number of H-pyrrole nitrogens is 1. The third-order valence-electron chi connectivity index (χ3n) is 5.34. The molecule has 3 atom stereocenters. The molecule has 1 aromatic carbocycles. The van der Waals surface area contributed by atoms with Crippen molar-refractivity contribution in [3.05, 3.63) is 35.8 Å². The first-order chi connectivity index (χ1) is 11.2. The minimum Gasteiger partial charge on any atom is -0.459 e. The number of fused-ring (bicyclic) bond motifs is 3. The lowest BCUT2D eigenvalue weighted by molar-refractivity contribution is -0.00460. The Hall–Kier alpha value is -1.88. The first kappa shape index (κ1) is 14.7. The summed E-state index contributed by atoms with van der Waals surface area (Å²) in [7, 11) is 0. The van der Waals surface area contributed by atoms with Gasteiger partial charge in [-0.05, 0) is 37.6 Å². The van der Waals surface area contributed by atoms with Gasteiger partial charge in [0.1, 0.15) is 11.9 Å². The highest BCUT2D eigenvalue weighted by molar-refractivity contribution is 6.04. The number of hydrogen-bond acceptors (Lipinski definition) is 3. The molecule has 1 aromatic heterocycles. The standard InChI is InChI=1S/C18H21FN2O2/c1-2-21-12-4-5-13(21)9-14(8-12)23-18(22)16-10-20-17-7-11(19)3-6-15(16)17/h3,6-7,10,12-14,20H,2,4-5,8-9H2,1H3/t12-,13+,14?.